The number of rotatable bonds is 4. The number of aromatic nitrogens is 6. The van der Waals surface area contributed by atoms with Gasteiger partial charge in [-0.05, 0) is 81.9 Å². The number of aromatic amines is 1. The van der Waals surface area contributed by atoms with Gasteiger partial charge in [-0.15, -0.1) is 5.10 Å². The van der Waals surface area contributed by atoms with E-state index in [1.165, 1.54) is 11.9 Å². The molecular formula is C31H22ClN7O2. The van der Waals surface area contributed by atoms with E-state index >= 15 is 0 Å². The molecule has 0 saturated heterocycles. The average molecular weight is 560 g/mol. The number of benzene rings is 2. The molecule has 3 aromatic heterocycles. The van der Waals surface area contributed by atoms with E-state index in [1.54, 1.807) is 16.8 Å². The second-order valence-corrected chi connectivity index (χ2v) is 11.5. The van der Waals surface area contributed by atoms with Crippen molar-refractivity contribution in [3.63, 3.8) is 0 Å². The van der Waals surface area contributed by atoms with Crippen molar-refractivity contribution in [2.24, 2.45) is 10.9 Å². The summed E-state index contributed by atoms with van der Waals surface area (Å²) in [5.41, 5.74) is 10.1. The van der Waals surface area contributed by atoms with Gasteiger partial charge in [-0.2, -0.15) is 4.68 Å². The van der Waals surface area contributed by atoms with E-state index in [-0.39, 0.29) is 11.6 Å². The molecule has 0 amide bonds. The largest absolute Gasteiger partial charge is 0.488 e. The number of hydrogen-bond acceptors (Lipinski definition) is 6. The summed E-state index contributed by atoms with van der Waals surface area (Å²) >= 11 is 6.38. The van der Waals surface area contributed by atoms with Gasteiger partial charge in [-0.1, -0.05) is 17.7 Å². The second kappa shape index (κ2) is 8.37. The van der Waals surface area contributed by atoms with Crippen molar-refractivity contribution in [3.8, 4) is 33.8 Å². The van der Waals surface area contributed by atoms with Crippen molar-refractivity contribution in [2.75, 3.05) is 0 Å². The fourth-order valence-electron chi connectivity index (χ4n) is 6.82. The molecule has 200 valence electrons. The molecule has 10 heteroatoms. The number of tetrazole rings is 1. The van der Waals surface area contributed by atoms with Crippen molar-refractivity contribution < 1.29 is 4.74 Å². The lowest BCUT2D eigenvalue weighted by Crippen LogP contribution is -2.29. The zero-order chi connectivity index (χ0) is 27.2. The summed E-state index contributed by atoms with van der Waals surface area (Å²) < 4.78 is 9.60. The summed E-state index contributed by atoms with van der Waals surface area (Å²) in [6.07, 6.45) is 7.22. The third-order valence-electron chi connectivity index (χ3n) is 8.80. The van der Waals surface area contributed by atoms with Crippen molar-refractivity contribution in [3.05, 3.63) is 106 Å². The number of hydrogen-bond donors (Lipinski definition) is 1. The highest BCUT2D eigenvalue weighted by molar-refractivity contribution is 6.31. The van der Waals surface area contributed by atoms with Gasteiger partial charge in [0.2, 0.25) is 0 Å². The Hall–Kier alpha value is -4.76. The predicted molar refractivity (Wildman–Crippen MR) is 154 cm³/mol. The Morgan fingerprint density at radius 1 is 1.02 bits per heavy atom. The van der Waals surface area contributed by atoms with Gasteiger partial charge in [0, 0.05) is 63.9 Å². The van der Waals surface area contributed by atoms with Gasteiger partial charge in [-0.3, -0.25) is 9.79 Å². The number of halogens is 1. The van der Waals surface area contributed by atoms with Gasteiger partial charge in [0.1, 0.15) is 18.7 Å². The predicted octanol–water partition coefficient (Wildman–Crippen LogP) is 5.58. The number of pyridine rings is 1. The van der Waals surface area contributed by atoms with Gasteiger partial charge in [0.05, 0.1) is 17.4 Å². The highest BCUT2D eigenvalue weighted by Gasteiger charge is 2.54. The zero-order valence-electron chi connectivity index (χ0n) is 21.7. The monoisotopic (exact) mass is 559 g/mol. The van der Waals surface area contributed by atoms with Crippen LogP contribution in [0.4, 0.5) is 0 Å². The van der Waals surface area contributed by atoms with Gasteiger partial charge in [0.15, 0.2) is 0 Å². The van der Waals surface area contributed by atoms with Crippen molar-refractivity contribution >= 4 is 22.9 Å². The lowest BCUT2D eigenvalue weighted by atomic mass is 9.95. The van der Waals surface area contributed by atoms with Crippen LogP contribution in [0.25, 0.3) is 33.6 Å². The number of aliphatic imine (C=N–C) groups is 1. The van der Waals surface area contributed by atoms with E-state index in [2.05, 4.69) is 50.8 Å². The van der Waals surface area contributed by atoms with E-state index < -0.39 is 0 Å². The van der Waals surface area contributed by atoms with Crippen LogP contribution in [0.15, 0.2) is 83.1 Å². The number of fused-ring (bicyclic) bond motifs is 6. The highest BCUT2D eigenvalue weighted by Crippen LogP contribution is 2.60. The van der Waals surface area contributed by atoms with Gasteiger partial charge >= 0.3 is 0 Å². The Labute approximate surface area is 238 Å². The third-order valence-corrected chi connectivity index (χ3v) is 9.04. The van der Waals surface area contributed by atoms with Crippen molar-refractivity contribution in [1.82, 2.24) is 29.8 Å². The van der Waals surface area contributed by atoms with Crippen LogP contribution in [0.2, 0.25) is 5.02 Å². The molecule has 9 nitrogen and oxygen atoms in total. The molecule has 2 aromatic carbocycles. The van der Waals surface area contributed by atoms with E-state index in [1.807, 2.05) is 29.1 Å². The molecule has 9 rings (SSSR count). The molecule has 4 aliphatic rings. The van der Waals surface area contributed by atoms with Gasteiger partial charge in [-0.25, -0.2) is 0 Å². The van der Waals surface area contributed by atoms with Crippen LogP contribution in [0.5, 0.6) is 5.75 Å². The molecule has 3 aliphatic heterocycles. The highest BCUT2D eigenvalue weighted by atomic mass is 35.5. The fourth-order valence-corrected chi connectivity index (χ4v) is 6.99. The Bertz CT molecular complexity index is 2020. The normalized spacial score (nSPS) is 21.3. The molecule has 3 unspecified atom stereocenters. The summed E-state index contributed by atoms with van der Waals surface area (Å²) in [5.74, 6) is 1.62. The number of H-pyrrole nitrogens is 1. The summed E-state index contributed by atoms with van der Waals surface area (Å²) in [6.45, 7) is 0.565. The van der Waals surface area contributed by atoms with E-state index in [9.17, 15) is 4.79 Å². The summed E-state index contributed by atoms with van der Waals surface area (Å²) in [7, 11) is 0. The molecule has 1 saturated carbocycles. The molecule has 1 N–H and O–H groups in total. The molecular weight excluding hydrogens is 538 g/mol. The van der Waals surface area contributed by atoms with Crippen LogP contribution in [0, 0.1) is 5.92 Å². The standard InChI is InChI=1S/C31H22ClN7O2/c32-20-2-4-26(38-15-35-36-37-38)22(11-20)18-8-27-23-12-24(23)31(39(27)29(40)10-18)25-7-19(13-34-25)16-1-3-21-28(9-16)41-14-17-5-6-33-30(17)21/h1-6,8-11,13,15,23-24,31,33H,7,12,14H2. The average Bonchev–Trinajstić information content (AvgIpc) is 3.50. The maximum Gasteiger partial charge on any atom is 0.251 e. The molecule has 0 radical (unpaired) electrons. The van der Waals surface area contributed by atoms with Gasteiger partial charge < -0.3 is 14.3 Å². The molecule has 6 heterocycles. The molecule has 1 fully saturated rings. The van der Waals surface area contributed by atoms with E-state index in [4.69, 9.17) is 21.3 Å². The first-order valence-corrected chi connectivity index (χ1v) is 14.0. The third kappa shape index (κ3) is 3.45. The summed E-state index contributed by atoms with van der Waals surface area (Å²) in [5, 5.41) is 12.2. The minimum absolute atomic E-state index is 0.0287. The first-order chi connectivity index (χ1) is 20.1. The molecule has 0 spiro atoms. The zero-order valence-corrected chi connectivity index (χ0v) is 22.4. The molecule has 0 bridgehead atoms. The molecule has 5 aromatic rings. The Kier molecular flexibility index (Phi) is 4.70. The van der Waals surface area contributed by atoms with E-state index in [0.717, 1.165) is 62.8 Å². The summed E-state index contributed by atoms with van der Waals surface area (Å²) in [4.78, 5) is 21.9. The Balaban J connectivity index is 1.03. The number of ether oxygens (including phenoxy) is 1. The van der Waals surface area contributed by atoms with Crippen LogP contribution in [-0.2, 0) is 6.61 Å². The van der Waals surface area contributed by atoms with Crippen LogP contribution in [0.3, 0.4) is 0 Å². The Morgan fingerprint density at radius 3 is 2.88 bits per heavy atom. The quantitative estimate of drug-likeness (QED) is 0.310. The lowest BCUT2D eigenvalue weighted by Gasteiger charge is -2.21. The Morgan fingerprint density at radius 2 is 1.98 bits per heavy atom. The first kappa shape index (κ1) is 23.0. The molecule has 41 heavy (non-hydrogen) atoms. The number of nitrogens with zero attached hydrogens (tertiary/aromatic N) is 6. The minimum atomic E-state index is -0.0302. The second-order valence-electron chi connectivity index (χ2n) is 11.1. The smallest absolute Gasteiger partial charge is 0.251 e. The number of nitrogens with one attached hydrogen (secondary N) is 1. The molecule has 3 atom stereocenters. The SMILES string of the molecule is O=c1cc(-c2cc(Cl)ccc2-n2cnnn2)cc2n1C(C1=NC=C(c3ccc4c(c3)OCc3cc[nH]c3-4)C1)C1CC21. The van der Waals surface area contributed by atoms with E-state index in [0.29, 0.717) is 29.9 Å². The van der Waals surface area contributed by atoms with Crippen LogP contribution >= 0.6 is 11.6 Å². The van der Waals surface area contributed by atoms with Crippen LogP contribution in [0.1, 0.15) is 41.6 Å². The van der Waals surface area contributed by atoms with Crippen molar-refractivity contribution in [2.45, 2.75) is 31.4 Å². The summed E-state index contributed by atoms with van der Waals surface area (Å²) in [6, 6.07) is 17.7. The number of allylic oxidation sites excluding steroid dienone is 1. The maximum absolute atomic E-state index is 13.7. The van der Waals surface area contributed by atoms with Crippen LogP contribution in [-0.4, -0.2) is 35.5 Å². The van der Waals surface area contributed by atoms with Crippen molar-refractivity contribution in [1.29, 1.82) is 0 Å². The van der Waals surface area contributed by atoms with Crippen LogP contribution < -0.4 is 10.3 Å². The first-order valence-electron chi connectivity index (χ1n) is 13.6. The fraction of sp³-hybridized carbons (Fsp3) is 0.194. The molecule has 1 aliphatic carbocycles. The van der Waals surface area contributed by atoms with Gasteiger partial charge in [0.25, 0.3) is 5.56 Å². The maximum atomic E-state index is 13.7. The topological polar surface area (TPSA) is 103 Å². The lowest BCUT2D eigenvalue weighted by molar-refractivity contribution is 0.302. The minimum Gasteiger partial charge on any atom is -0.488 e.